The van der Waals surface area contributed by atoms with Crippen molar-refractivity contribution in [3.63, 3.8) is 0 Å². The molecule has 0 saturated heterocycles. The lowest BCUT2D eigenvalue weighted by Crippen LogP contribution is -2.26. The molecular weight excluding hydrogens is 306 g/mol. The molecule has 1 aromatic rings. The first-order valence-corrected chi connectivity index (χ1v) is 7.68. The number of halogens is 1. The van der Waals surface area contributed by atoms with E-state index < -0.39 is 0 Å². The molecule has 108 valence electrons. The molecule has 3 nitrogen and oxygen atoms in total. The zero-order chi connectivity index (χ0) is 14.1. The highest BCUT2D eigenvalue weighted by Crippen LogP contribution is 2.16. The molecule has 0 radical (unpaired) electrons. The van der Waals surface area contributed by atoms with Crippen molar-refractivity contribution in [1.82, 2.24) is 5.32 Å². The molecule has 0 aliphatic carbocycles. The molecule has 0 amide bonds. The molecule has 0 saturated carbocycles. The summed E-state index contributed by atoms with van der Waals surface area (Å²) in [6.45, 7) is 8.40. The Morgan fingerprint density at radius 2 is 1.68 bits per heavy atom. The van der Waals surface area contributed by atoms with Crippen molar-refractivity contribution in [3.05, 3.63) is 34.3 Å². The van der Waals surface area contributed by atoms with E-state index >= 15 is 0 Å². The molecule has 1 N–H and O–H groups in total. The molecule has 0 aromatic heterocycles. The maximum absolute atomic E-state index is 5.52. The minimum atomic E-state index is -0.0976. The van der Waals surface area contributed by atoms with E-state index in [2.05, 4.69) is 52.4 Å². The predicted molar refractivity (Wildman–Crippen MR) is 82.2 cm³/mol. The maximum atomic E-state index is 5.52. The van der Waals surface area contributed by atoms with Gasteiger partial charge in [-0.1, -0.05) is 28.1 Å². The zero-order valence-electron chi connectivity index (χ0n) is 12.0. The van der Waals surface area contributed by atoms with Crippen molar-refractivity contribution in [2.75, 3.05) is 19.8 Å². The molecule has 4 heteroatoms. The molecule has 0 bridgehead atoms. The minimum absolute atomic E-state index is 0.0976. The van der Waals surface area contributed by atoms with E-state index in [0.717, 1.165) is 17.4 Å². The molecule has 0 spiro atoms. The summed E-state index contributed by atoms with van der Waals surface area (Å²) in [5, 5.41) is 3.49. The smallest absolute Gasteiger partial charge is 0.158 e. The lowest BCUT2D eigenvalue weighted by Gasteiger charge is -2.19. The fourth-order valence-corrected chi connectivity index (χ4v) is 2.14. The average Bonchev–Trinajstić information content (AvgIpc) is 2.40. The second-order valence-corrected chi connectivity index (χ2v) is 5.27. The lowest BCUT2D eigenvalue weighted by atomic mass is 10.1. The van der Waals surface area contributed by atoms with Crippen molar-refractivity contribution in [1.29, 1.82) is 0 Å². The van der Waals surface area contributed by atoms with E-state index in [9.17, 15) is 0 Å². The van der Waals surface area contributed by atoms with Gasteiger partial charge in [-0.3, -0.25) is 0 Å². The van der Waals surface area contributed by atoms with Crippen LogP contribution in [0.3, 0.4) is 0 Å². The minimum Gasteiger partial charge on any atom is -0.353 e. The summed E-state index contributed by atoms with van der Waals surface area (Å²) in [4.78, 5) is 0. The van der Waals surface area contributed by atoms with Crippen LogP contribution in [0.15, 0.2) is 28.7 Å². The third-order valence-corrected chi connectivity index (χ3v) is 3.43. The molecule has 1 atom stereocenters. The van der Waals surface area contributed by atoms with Crippen molar-refractivity contribution in [2.24, 2.45) is 0 Å². The van der Waals surface area contributed by atoms with Crippen LogP contribution in [0.4, 0.5) is 0 Å². The zero-order valence-corrected chi connectivity index (χ0v) is 13.6. The van der Waals surface area contributed by atoms with Gasteiger partial charge in [0.05, 0.1) is 0 Å². The number of ether oxygens (including phenoxy) is 2. The largest absolute Gasteiger partial charge is 0.353 e. The highest BCUT2D eigenvalue weighted by Gasteiger charge is 2.09. The average molecular weight is 330 g/mol. The van der Waals surface area contributed by atoms with Gasteiger partial charge in [0.15, 0.2) is 6.29 Å². The SMILES string of the molecule is CCOC(CCN[C@H](C)c1ccc(Br)cc1)OCC. The van der Waals surface area contributed by atoms with Gasteiger partial charge in [0, 0.05) is 36.7 Å². The Morgan fingerprint density at radius 3 is 2.21 bits per heavy atom. The van der Waals surface area contributed by atoms with Crippen LogP contribution >= 0.6 is 15.9 Å². The third-order valence-electron chi connectivity index (χ3n) is 2.91. The summed E-state index contributed by atoms with van der Waals surface area (Å²) in [6, 6.07) is 8.72. The Balaban J connectivity index is 2.32. The lowest BCUT2D eigenvalue weighted by molar-refractivity contribution is -0.138. The summed E-state index contributed by atoms with van der Waals surface area (Å²) < 4.78 is 12.1. The third kappa shape index (κ3) is 6.52. The van der Waals surface area contributed by atoms with Crippen molar-refractivity contribution < 1.29 is 9.47 Å². The Kier molecular flexibility index (Phi) is 8.30. The number of nitrogens with one attached hydrogen (secondary N) is 1. The molecule has 1 rings (SSSR count). The summed E-state index contributed by atoms with van der Waals surface area (Å²) in [7, 11) is 0. The van der Waals surface area contributed by atoms with Gasteiger partial charge in [-0.05, 0) is 38.5 Å². The fourth-order valence-electron chi connectivity index (χ4n) is 1.87. The molecule has 19 heavy (non-hydrogen) atoms. The van der Waals surface area contributed by atoms with Crippen LogP contribution in [-0.2, 0) is 9.47 Å². The Labute approximate surface area is 124 Å². The first-order chi connectivity index (χ1) is 9.17. The molecule has 0 fully saturated rings. The number of rotatable bonds is 9. The van der Waals surface area contributed by atoms with Crippen LogP contribution in [0.25, 0.3) is 0 Å². The molecule has 1 aromatic carbocycles. The van der Waals surface area contributed by atoms with Crippen LogP contribution in [0, 0.1) is 0 Å². The van der Waals surface area contributed by atoms with Crippen LogP contribution in [0.5, 0.6) is 0 Å². The molecule has 0 aliphatic rings. The van der Waals surface area contributed by atoms with E-state index in [-0.39, 0.29) is 6.29 Å². The van der Waals surface area contributed by atoms with E-state index in [0.29, 0.717) is 19.3 Å². The normalized spacial score (nSPS) is 12.9. The van der Waals surface area contributed by atoms with Crippen molar-refractivity contribution >= 4 is 15.9 Å². The van der Waals surface area contributed by atoms with Crippen LogP contribution < -0.4 is 5.32 Å². The van der Waals surface area contributed by atoms with Gasteiger partial charge in [0.2, 0.25) is 0 Å². The number of benzene rings is 1. The molecule has 0 aliphatic heterocycles. The monoisotopic (exact) mass is 329 g/mol. The van der Waals surface area contributed by atoms with Crippen molar-refractivity contribution in [2.45, 2.75) is 39.5 Å². The van der Waals surface area contributed by atoms with Gasteiger partial charge in [0.25, 0.3) is 0 Å². The first-order valence-electron chi connectivity index (χ1n) is 6.89. The molecule has 0 unspecified atom stereocenters. The predicted octanol–water partition coefficient (Wildman–Crippen LogP) is 3.89. The number of hydrogen-bond donors (Lipinski definition) is 1. The fraction of sp³-hybridized carbons (Fsp3) is 0.600. The van der Waals surface area contributed by atoms with Gasteiger partial charge in [-0.15, -0.1) is 0 Å². The molecular formula is C15H24BrNO2. The summed E-state index contributed by atoms with van der Waals surface area (Å²) in [5.74, 6) is 0. The van der Waals surface area contributed by atoms with Gasteiger partial charge < -0.3 is 14.8 Å². The molecule has 0 heterocycles. The first kappa shape index (κ1) is 16.6. The van der Waals surface area contributed by atoms with Gasteiger partial charge in [-0.2, -0.15) is 0 Å². The Bertz CT molecular complexity index is 337. The quantitative estimate of drug-likeness (QED) is 0.697. The van der Waals surface area contributed by atoms with Gasteiger partial charge in [-0.25, -0.2) is 0 Å². The Hall–Kier alpha value is -0.420. The topological polar surface area (TPSA) is 30.5 Å². The van der Waals surface area contributed by atoms with Gasteiger partial charge >= 0.3 is 0 Å². The van der Waals surface area contributed by atoms with Crippen LogP contribution in [0.2, 0.25) is 0 Å². The van der Waals surface area contributed by atoms with E-state index in [1.807, 2.05) is 13.8 Å². The van der Waals surface area contributed by atoms with Crippen LogP contribution in [0.1, 0.15) is 38.8 Å². The number of hydrogen-bond acceptors (Lipinski definition) is 3. The van der Waals surface area contributed by atoms with E-state index in [1.165, 1.54) is 5.56 Å². The highest BCUT2D eigenvalue weighted by atomic mass is 79.9. The van der Waals surface area contributed by atoms with Crippen LogP contribution in [-0.4, -0.2) is 26.0 Å². The summed E-state index contributed by atoms with van der Waals surface area (Å²) in [5.41, 5.74) is 1.28. The summed E-state index contributed by atoms with van der Waals surface area (Å²) >= 11 is 3.45. The maximum Gasteiger partial charge on any atom is 0.158 e. The standard InChI is InChI=1S/C15H24BrNO2/c1-4-18-15(19-5-2)10-11-17-12(3)13-6-8-14(16)9-7-13/h6-9,12,15,17H,4-5,10-11H2,1-3H3/t12-/m1/s1. The van der Waals surface area contributed by atoms with E-state index in [1.54, 1.807) is 0 Å². The van der Waals surface area contributed by atoms with Crippen molar-refractivity contribution in [3.8, 4) is 0 Å². The van der Waals surface area contributed by atoms with Gasteiger partial charge in [0.1, 0.15) is 0 Å². The second-order valence-electron chi connectivity index (χ2n) is 4.36. The van der Waals surface area contributed by atoms with E-state index in [4.69, 9.17) is 9.47 Å². The summed E-state index contributed by atoms with van der Waals surface area (Å²) in [6.07, 6.45) is 0.766. The second kappa shape index (κ2) is 9.48. The highest BCUT2D eigenvalue weighted by molar-refractivity contribution is 9.10. The Morgan fingerprint density at radius 1 is 1.11 bits per heavy atom.